The van der Waals surface area contributed by atoms with E-state index in [9.17, 15) is 13.6 Å². The van der Waals surface area contributed by atoms with Crippen molar-refractivity contribution in [1.29, 1.82) is 0 Å². The van der Waals surface area contributed by atoms with Gasteiger partial charge in [0.2, 0.25) is 0 Å². The number of nitrogens with one attached hydrogen (secondary N) is 1. The van der Waals surface area contributed by atoms with Crippen molar-refractivity contribution in [3.8, 4) is 16.9 Å². The molecule has 0 unspecified atom stereocenters. The van der Waals surface area contributed by atoms with Crippen molar-refractivity contribution in [3.63, 3.8) is 0 Å². The Morgan fingerprint density at radius 2 is 1.69 bits per heavy atom. The summed E-state index contributed by atoms with van der Waals surface area (Å²) in [4.78, 5) is 15.1. The molecule has 2 amide bonds. The second-order valence-electron chi connectivity index (χ2n) is 11.4. The van der Waals surface area contributed by atoms with Gasteiger partial charge in [-0.1, -0.05) is 30.7 Å². The molecule has 0 spiro atoms. The summed E-state index contributed by atoms with van der Waals surface area (Å²) >= 11 is 0. The van der Waals surface area contributed by atoms with Gasteiger partial charge in [0.1, 0.15) is 11.4 Å². The minimum absolute atomic E-state index is 0.108. The molecule has 0 saturated heterocycles. The van der Waals surface area contributed by atoms with Gasteiger partial charge in [-0.2, -0.15) is 13.9 Å². The molecule has 0 aliphatic heterocycles. The lowest BCUT2D eigenvalue weighted by molar-refractivity contribution is 0.0122. The van der Waals surface area contributed by atoms with E-state index in [1.165, 1.54) is 10.7 Å². The molecule has 6 nitrogen and oxygen atoms in total. The molecule has 0 atom stereocenters. The smallest absolute Gasteiger partial charge is 0.322 e. The zero-order chi connectivity index (χ0) is 28.8. The molecule has 3 aromatic rings. The summed E-state index contributed by atoms with van der Waals surface area (Å²) in [5, 5.41) is 7.04. The largest absolute Gasteiger partial charge is 0.491 e. The van der Waals surface area contributed by atoms with Crippen LogP contribution in [0.1, 0.15) is 72.2 Å². The highest BCUT2D eigenvalue weighted by Crippen LogP contribution is 2.28. The first-order chi connectivity index (χ1) is 18.2. The normalized spacial score (nSPS) is 12.1. The van der Waals surface area contributed by atoms with Gasteiger partial charge in [0, 0.05) is 37.4 Å². The number of hydrogen-bond donors (Lipinski definition) is 1. The van der Waals surface area contributed by atoms with Crippen LogP contribution < -0.4 is 15.0 Å². The molecule has 0 aliphatic carbocycles. The number of anilines is 1. The highest BCUT2D eigenvalue weighted by atomic mass is 19.3. The summed E-state index contributed by atoms with van der Waals surface area (Å²) in [5.74, 6) is -2.13. The summed E-state index contributed by atoms with van der Waals surface area (Å²) in [5.41, 5.74) is 3.07. The van der Waals surface area contributed by atoms with Crippen molar-refractivity contribution in [1.82, 2.24) is 15.1 Å². The Hall–Kier alpha value is -3.42. The number of aryl methyl sites for hydroxylation is 2. The summed E-state index contributed by atoms with van der Waals surface area (Å²) in [6.07, 6.45) is 3.20. The molecular weight excluding hydrogens is 498 g/mol. The fourth-order valence-electron chi connectivity index (χ4n) is 4.29. The molecule has 0 aliphatic rings. The third-order valence-electron chi connectivity index (χ3n) is 6.19. The van der Waals surface area contributed by atoms with Gasteiger partial charge < -0.3 is 10.1 Å². The van der Waals surface area contributed by atoms with E-state index in [4.69, 9.17) is 4.74 Å². The highest BCUT2D eigenvalue weighted by Gasteiger charge is 2.28. The average molecular weight is 541 g/mol. The first kappa shape index (κ1) is 30.1. The molecule has 0 bridgehead atoms. The van der Waals surface area contributed by atoms with E-state index in [-0.39, 0.29) is 23.4 Å². The van der Waals surface area contributed by atoms with Gasteiger partial charge in [0.05, 0.1) is 6.10 Å². The summed E-state index contributed by atoms with van der Waals surface area (Å²) in [6, 6.07) is 17.3. The van der Waals surface area contributed by atoms with Crippen LogP contribution in [0.5, 0.6) is 5.75 Å². The molecule has 1 aromatic heterocycles. The van der Waals surface area contributed by atoms with Crippen molar-refractivity contribution >= 4 is 11.7 Å². The van der Waals surface area contributed by atoms with Crippen molar-refractivity contribution in [2.75, 3.05) is 11.4 Å². The Balaban J connectivity index is 1.69. The molecule has 3 rings (SSSR count). The van der Waals surface area contributed by atoms with Gasteiger partial charge in [0.25, 0.3) is 5.92 Å². The van der Waals surface area contributed by atoms with E-state index in [0.29, 0.717) is 13.0 Å². The lowest BCUT2D eigenvalue weighted by atomic mass is 10.0. The Morgan fingerprint density at radius 1 is 1.00 bits per heavy atom. The molecule has 1 N–H and O–H groups in total. The fourth-order valence-corrected chi connectivity index (χ4v) is 4.29. The number of hydrogen-bond acceptors (Lipinski definition) is 3. The van der Waals surface area contributed by atoms with Gasteiger partial charge >= 0.3 is 6.03 Å². The maximum atomic E-state index is 13.6. The molecule has 0 saturated carbocycles. The van der Waals surface area contributed by atoms with Crippen LogP contribution in [-0.4, -0.2) is 34.0 Å². The van der Waals surface area contributed by atoms with Crippen molar-refractivity contribution in [2.24, 2.45) is 7.05 Å². The van der Waals surface area contributed by atoms with Crippen LogP contribution in [0.3, 0.4) is 0 Å². The standard InChI is InChI=1S/C31H42F2N4O2/c1-22(2)39-27-17-15-23(16-18-27)24-12-11-14-26(20-24)37(29(38)34-30(3,4)5)19-10-8-9-13-25-21-28(31(6,32)33)35-36(25)7/h11-12,14-18,20-22H,8-10,13,19H2,1-7H3,(H,34,38). The van der Waals surface area contributed by atoms with Gasteiger partial charge in [0.15, 0.2) is 0 Å². The molecule has 212 valence electrons. The maximum absolute atomic E-state index is 13.6. The number of carbonyl (C=O) groups excluding carboxylic acids is 1. The first-order valence-electron chi connectivity index (χ1n) is 13.6. The predicted molar refractivity (Wildman–Crippen MR) is 154 cm³/mol. The number of halogens is 2. The van der Waals surface area contributed by atoms with Gasteiger partial charge in [-0.25, -0.2) is 4.79 Å². The Morgan fingerprint density at radius 3 is 2.28 bits per heavy atom. The molecular formula is C31H42F2N4O2. The van der Waals surface area contributed by atoms with Crippen LogP contribution in [-0.2, 0) is 19.4 Å². The number of aromatic nitrogens is 2. The first-order valence-corrected chi connectivity index (χ1v) is 13.6. The van der Waals surface area contributed by atoms with Gasteiger partial charge in [-0.15, -0.1) is 0 Å². The number of nitrogens with zero attached hydrogens (tertiary/aromatic N) is 3. The number of unbranched alkanes of at least 4 members (excludes halogenated alkanes) is 2. The lowest BCUT2D eigenvalue weighted by Crippen LogP contribution is -2.49. The predicted octanol–water partition coefficient (Wildman–Crippen LogP) is 7.71. The minimum Gasteiger partial charge on any atom is -0.491 e. The number of alkyl halides is 2. The van der Waals surface area contributed by atoms with E-state index in [2.05, 4.69) is 10.4 Å². The number of benzene rings is 2. The quantitative estimate of drug-likeness (QED) is 0.253. The second-order valence-corrected chi connectivity index (χ2v) is 11.4. The molecule has 8 heteroatoms. The Bertz CT molecular complexity index is 1220. The SMILES string of the molecule is CC(C)Oc1ccc(-c2cccc(N(CCCCCc3cc(C(C)(F)F)nn3C)C(=O)NC(C)(C)C)c2)cc1. The maximum Gasteiger partial charge on any atom is 0.322 e. The lowest BCUT2D eigenvalue weighted by Gasteiger charge is -2.29. The molecule has 2 aromatic carbocycles. The van der Waals surface area contributed by atoms with E-state index in [1.807, 2.05) is 83.1 Å². The van der Waals surface area contributed by atoms with E-state index in [1.54, 1.807) is 11.9 Å². The number of rotatable bonds is 11. The van der Waals surface area contributed by atoms with Gasteiger partial charge in [-0.3, -0.25) is 9.58 Å². The number of ether oxygens (including phenoxy) is 1. The number of urea groups is 1. The van der Waals surface area contributed by atoms with E-state index in [0.717, 1.165) is 54.4 Å². The zero-order valence-corrected chi connectivity index (χ0v) is 24.2. The fraction of sp³-hybridized carbons (Fsp3) is 0.484. The monoisotopic (exact) mass is 540 g/mol. The molecule has 1 heterocycles. The van der Waals surface area contributed by atoms with Crippen LogP contribution >= 0.6 is 0 Å². The minimum atomic E-state index is -2.95. The molecule has 0 fully saturated rings. The van der Waals surface area contributed by atoms with Crippen LogP contribution in [0, 0.1) is 0 Å². The topological polar surface area (TPSA) is 59.4 Å². The third-order valence-corrected chi connectivity index (χ3v) is 6.19. The van der Waals surface area contributed by atoms with Crippen LogP contribution in [0.15, 0.2) is 54.6 Å². The zero-order valence-electron chi connectivity index (χ0n) is 24.2. The number of amides is 2. The van der Waals surface area contributed by atoms with E-state index < -0.39 is 5.92 Å². The Kier molecular flexibility index (Phi) is 9.75. The number of carbonyl (C=O) groups is 1. The molecule has 0 radical (unpaired) electrons. The summed E-state index contributed by atoms with van der Waals surface area (Å²) < 4.78 is 34.5. The Labute approximate surface area is 231 Å². The van der Waals surface area contributed by atoms with Crippen molar-refractivity contribution in [3.05, 3.63) is 66.0 Å². The second kappa shape index (κ2) is 12.6. The summed E-state index contributed by atoms with van der Waals surface area (Å²) in [7, 11) is 1.70. The highest BCUT2D eigenvalue weighted by molar-refractivity contribution is 5.93. The van der Waals surface area contributed by atoms with Crippen LogP contribution in [0.25, 0.3) is 11.1 Å². The molecule has 39 heavy (non-hydrogen) atoms. The average Bonchev–Trinajstić information content (AvgIpc) is 3.21. The van der Waals surface area contributed by atoms with Crippen molar-refractivity contribution in [2.45, 2.75) is 84.8 Å². The van der Waals surface area contributed by atoms with E-state index >= 15 is 0 Å². The van der Waals surface area contributed by atoms with Crippen LogP contribution in [0.2, 0.25) is 0 Å². The summed E-state index contributed by atoms with van der Waals surface area (Å²) in [6.45, 7) is 11.3. The van der Waals surface area contributed by atoms with Crippen LogP contribution in [0.4, 0.5) is 19.3 Å². The third kappa shape index (κ3) is 9.08. The van der Waals surface area contributed by atoms with Gasteiger partial charge in [-0.05, 0) is 95.3 Å². The van der Waals surface area contributed by atoms with Crippen molar-refractivity contribution < 1.29 is 18.3 Å².